The number of aliphatic carboxylic acids is 2. The van der Waals surface area contributed by atoms with Crippen molar-refractivity contribution in [3.8, 4) is 0 Å². The molecule has 0 saturated heterocycles. The summed E-state index contributed by atoms with van der Waals surface area (Å²) in [6, 6.07) is 1.77. The fourth-order valence-corrected chi connectivity index (χ4v) is 1.71. The second kappa shape index (κ2) is 5.83. The Morgan fingerprint density at radius 1 is 0.700 bits per heavy atom. The smallest absolute Gasteiger partial charge is 0.335 e. The van der Waals surface area contributed by atoms with Gasteiger partial charge in [0.25, 0.3) is 0 Å². The van der Waals surface area contributed by atoms with Gasteiger partial charge in [-0.3, -0.25) is 9.59 Å². The van der Waals surface area contributed by atoms with E-state index in [9.17, 15) is 19.2 Å². The van der Waals surface area contributed by atoms with Gasteiger partial charge in [-0.2, -0.15) is 0 Å². The normalized spacial score (nSPS) is 10.0. The van der Waals surface area contributed by atoms with Crippen molar-refractivity contribution < 1.29 is 39.6 Å². The Morgan fingerprint density at radius 3 is 1.20 bits per heavy atom. The van der Waals surface area contributed by atoms with Crippen LogP contribution in [-0.2, 0) is 22.4 Å². The second-order valence-corrected chi connectivity index (χ2v) is 3.92. The van der Waals surface area contributed by atoms with Crippen molar-refractivity contribution in [3.05, 3.63) is 34.4 Å². The Balaban J connectivity index is 3.50. The number of benzene rings is 1. The maximum atomic E-state index is 11.0. The summed E-state index contributed by atoms with van der Waals surface area (Å²) in [4.78, 5) is 43.4. The molecule has 8 nitrogen and oxygen atoms in total. The Labute approximate surface area is 111 Å². The molecular weight excluding hydrogens is 272 g/mol. The molecule has 1 aromatic carbocycles. The van der Waals surface area contributed by atoms with E-state index in [-0.39, 0.29) is 11.1 Å². The lowest BCUT2D eigenvalue weighted by atomic mass is 9.95. The highest BCUT2D eigenvalue weighted by Gasteiger charge is 2.21. The third kappa shape index (κ3) is 3.55. The molecule has 0 saturated carbocycles. The van der Waals surface area contributed by atoms with Crippen LogP contribution in [0.2, 0.25) is 0 Å². The molecule has 1 aromatic rings. The highest BCUT2D eigenvalue weighted by Crippen LogP contribution is 2.19. The minimum Gasteiger partial charge on any atom is -0.481 e. The van der Waals surface area contributed by atoms with E-state index in [2.05, 4.69) is 0 Å². The van der Waals surface area contributed by atoms with E-state index < -0.39 is 47.8 Å². The van der Waals surface area contributed by atoms with Crippen molar-refractivity contribution in [2.75, 3.05) is 0 Å². The minimum atomic E-state index is -1.45. The topological polar surface area (TPSA) is 149 Å². The van der Waals surface area contributed by atoms with Crippen molar-refractivity contribution >= 4 is 23.9 Å². The van der Waals surface area contributed by atoms with E-state index >= 15 is 0 Å². The van der Waals surface area contributed by atoms with E-state index in [1.807, 2.05) is 0 Å². The Morgan fingerprint density at radius 2 is 1.00 bits per heavy atom. The van der Waals surface area contributed by atoms with E-state index in [0.29, 0.717) is 0 Å². The van der Waals surface area contributed by atoms with E-state index in [1.165, 1.54) is 0 Å². The van der Waals surface area contributed by atoms with Crippen LogP contribution in [0.5, 0.6) is 0 Å². The summed E-state index contributed by atoms with van der Waals surface area (Å²) >= 11 is 0. The van der Waals surface area contributed by atoms with Gasteiger partial charge < -0.3 is 20.4 Å². The van der Waals surface area contributed by atoms with Gasteiger partial charge in [0, 0.05) is 0 Å². The lowest BCUT2D eigenvalue weighted by Gasteiger charge is -2.10. The van der Waals surface area contributed by atoms with E-state index in [4.69, 9.17) is 20.4 Å². The van der Waals surface area contributed by atoms with Crippen LogP contribution in [-0.4, -0.2) is 44.3 Å². The zero-order valence-electron chi connectivity index (χ0n) is 9.99. The van der Waals surface area contributed by atoms with Gasteiger partial charge in [0.05, 0.1) is 24.0 Å². The molecule has 0 radical (unpaired) electrons. The molecule has 0 unspecified atom stereocenters. The fourth-order valence-electron chi connectivity index (χ4n) is 1.71. The summed E-state index contributed by atoms with van der Waals surface area (Å²) in [7, 11) is 0. The van der Waals surface area contributed by atoms with Gasteiger partial charge in [0.2, 0.25) is 0 Å². The quantitative estimate of drug-likeness (QED) is 0.583. The first-order chi connectivity index (χ1) is 9.22. The first-order valence-electron chi connectivity index (χ1n) is 5.28. The predicted molar refractivity (Wildman–Crippen MR) is 63.0 cm³/mol. The first kappa shape index (κ1) is 15.2. The fraction of sp³-hybridized carbons (Fsp3) is 0.167. The average molecular weight is 282 g/mol. The third-order valence-electron chi connectivity index (χ3n) is 2.47. The molecule has 0 aliphatic heterocycles. The summed E-state index contributed by atoms with van der Waals surface area (Å²) in [5.74, 6) is -5.56. The summed E-state index contributed by atoms with van der Waals surface area (Å²) in [6.07, 6.45) is -1.34. The zero-order chi connectivity index (χ0) is 15.4. The lowest BCUT2D eigenvalue weighted by molar-refractivity contribution is -0.137. The molecule has 1 rings (SSSR count). The van der Waals surface area contributed by atoms with Crippen molar-refractivity contribution in [3.63, 3.8) is 0 Å². The van der Waals surface area contributed by atoms with E-state index in [1.54, 1.807) is 0 Å². The molecule has 20 heavy (non-hydrogen) atoms. The van der Waals surface area contributed by atoms with Crippen LogP contribution in [0.1, 0.15) is 31.8 Å². The molecule has 106 valence electrons. The van der Waals surface area contributed by atoms with Crippen LogP contribution >= 0.6 is 0 Å². The molecule has 0 fully saturated rings. The molecule has 4 N–H and O–H groups in total. The molecule has 0 atom stereocenters. The molecular formula is C12H10O8. The van der Waals surface area contributed by atoms with Crippen LogP contribution in [0.15, 0.2) is 12.1 Å². The van der Waals surface area contributed by atoms with Gasteiger partial charge in [-0.25, -0.2) is 9.59 Å². The van der Waals surface area contributed by atoms with Gasteiger partial charge in [0.15, 0.2) is 0 Å². The Bertz CT molecular complexity index is 548. The Hall–Kier alpha value is -2.90. The summed E-state index contributed by atoms with van der Waals surface area (Å²) in [5.41, 5.74) is -1.24. The summed E-state index contributed by atoms with van der Waals surface area (Å²) in [5, 5.41) is 35.3. The SMILES string of the molecule is O=C(O)Cc1cc(C(=O)O)c(CC(=O)O)cc1C(=O)O. The molecule has 0 amide bonds. The first-order valence-corrected chi connectivity index (χ1v) is 5.28. The number of hydrogen-bond acceptors (Lipinski definition) is 4. The number of carbonyl (C=O) groups is 4. The lowest BCUT2D eigenvalue weighted by Crippen LogP contribution is -2.14. The molecule has 8 heteroatoms. The summed E-state index contributed by atoms with van der Waals surface area (Å²) in [6.45, 7) is 0. The van der Waals surface area contributed by atoms with Gasteiger partial charge in [0.1, 0.15) is 0 Å². The molecule has 0 heterocycles. The monoisotopic (exact) mass is 282 g/mol. The van der Waals surface area contributed by atoms with Gasteiger partial charge in [-0.05, 0) is 23.3 Å². The van der Waals surface area contributed by atoms with Gasteiger partial charge >= 0.3 is 23.9 Å². The van der Waals surface area contributed by atoms with E-state index in [0.717, 1.165) is 12.1 Å². The van der Waals surface area contributed by atoms with Crippen LogP contribution in [0, 0.1) is 0 Å². The molecule has 0 aliphatic carbocycles. The number of rotatable bonds is 6. The van der Waals surface area contributed by atoms with Crippen molar-refractivity contribution in [1.82, 2.24) is 0 Å². The van der Waals surface area contributed by atoms with Crippen molar-refractivity contribution in [1.29, 1.82) is 0 Å². The van der Waals surface area contributed by atoms with Gasteiger partial charge in [-0.15, -0.1) is 0 Å². The zero-order valence-corrected chi connectivity index (χ0v) is 9.99. The maximum absolute atomic E-state index is 11.0. The largest absolute Gasteiger partial charge is 0.481 e. The minimum absolute atomic E-state index is 0.198. The van der Waals surface area contributed by atoms with Gasteiger partial charge in [-0.1, -0.05) is 0 Å². The average Bonchev–Trinajstić information content (AvgIpc) is 2.28. The number of carboxylic acids is 4. The second-order valence-electron chi connectivity index (χ2n) is 3.92. The van der Waals surface area contributed by atoms with Crippen molar-refractivity contribution in [2.45, 2.75) is 12.8 Å². The van der Waals surface area contributed by atoms with Crippen LogP contribution in [0.3, 0.4) is 0 Å². The van der Waals surface area contributed by atoms with Crippen LogP contribution in [0.25, 0.3) is 0 Å². The molecule has 0 aromatic heterocycles. The Kier molecular flexibility index (Phi) is 4.42. The summed E-state index contributed by atoms with van der Waals surface area (Å²) < 4.78 is 0. The number of carboxylic acid groups (broad SMARTS) is 4. The highest BCUT2D eigenvalue weighted by molar-refractivity contribution is 5.96. The standard InChI is InChI=1S/C12H10O8/c13-9(14)3-5-1-7(11(17)18)6(4-10(15)16)2-8(5)12(19)20/h1-2H,3-4H2,(H,13,14)(H,15,16)(H,17,18)(H,19,20). The maximum Gasteiger partial charge on any atom is 0.335 e. The number of hydrogen-bond donors (Lipinski definition) is 4. The predicted octanol–water partition coefficient (Wildman–Crippen LogP) is 0.337. The van der Waals surface area contributed by atoms with Crippen LogP contribution in [0.4, 0.5) is 0 Å². The van der Waals surface area contributed by atoms with Crippen LogP contribution < -0.4 is 0 Å². The molecule has 0 bridgehead atoms. The van der Waals surface area contributed by atoms with Crippen molar-refractivity contribution in [2.24, 2.45) is 0 Å². The number of aromatic carboxylic acids is 2. The highest BCUT2D eigenvalue weighted by atomic mass is 16.4. The molecule has 0 spiro atoms. The molecule has 0 aliphatic rings. The third-order valence-corrected chi connectivity index (χ3v) is 2.47.